The van der Waals surface area contributed by atoms with E-state index in [4.69, 9.17) is 4.74 Å². The summed E-state index contributed by atoms with van der Waals surface area (Å²) in [5.41, 5.74) is 1.84. The maximum Gasteiger partial charge on any atom is 0.227 e. The Hall–Kier alpha value is -3.28. The first-order valence-corrected chi connectivity index (χ1v) is 13.4. The van der Waals surface area contributed by atoms with Gasteiger partial charge in [-0.1, -0.05) is 69.9 Å². The van der Waals surface area contributed by atoms with Crippen LogP contribution in [-0.2, 0) is 4.79 Å². The van der Waals surface area contributed by atoms with Gasteiger partial charge in [0.05, 0.1) is 5.69 Å². The summed E-state index contributed by atoms with van der Waals surface area (Å²) in [5, 5.41) is 2.64. The van der Waals surface area contributed by atoms with Crippen LogP contribution in [0.5, 0.6) is 11.5 Å². The number of nitrogens with one attached hydrogen (secondary N) is 1. The average Bonchev–Trinajstić information content (AvgIpc) is 2.91. The molecule has 2 unspecified atom stereocenters. The van der Waals surface area contributed by atoms with Crippen LogP contribution in [-0.4, -0.2) is 10.9 Å². The highest BCUT2D eigenvalue weighted by Gasteiger charge is 2.24. The summed E-state index contributed by atoms with van der Waals surface area (Å²) < 4.78 is 35.0. The van der Waals surface area contributed by atoms with E-state index in [1.807, 2.05) is 19.9 Å². The number of aromatic nitrogens is 1. The summed E-state index contributed by atoms with van der Waals surface area (Å²) in [6.07, 6.45) is 9.39. The first kappa shape index (κ1) is 28.3. The number of halogens is 2. The molecule has 1 heterocycles. The molecular formula is C31H38F2N2O2. The highest BCUT2D eigenvalue weighted by atomic mass is 19.1. The molecule has 6 heteroatoms. The van der Waals surface area contributed by atoms with Crippen LogP contribution in [0.4, 0.5) is 14.5 Å². The molecule has 2 aromatic carbocycles. The summed E-state index contributed by atoms with van der Waals surface area (Å²) >= 11 is 0. The number of amides is 1. The Kier molecular flexibility index (Phi) is 11.1. The van der Waals surface area contributed by atoms with E-state index in [1.54, 1.807) is 19.1 Å². The minimum atomic E-state index is -0.744. The van der Waals surface area contributed by atoms with Gasteiger partial charge in [0.15, 0.2) is 17.4 Å². The molecule has 4 rings (SSSR count). The Morgan fingerprint density at radius 1 is 0.892 bits per heavy atom. The van der Waals surface area contributed by atoms with Gasteiger partial charge in [0.2, 0.25) is 5.91 Å². The van der Waals surface area contributed by atoms with Crippen molar-refractivity contribution in [1.82, 2.24) is 4.98 Å². The molecule has 1 fully saturated rings. The van der Waals surface area contributed by atoms with Crippen LogP contribution in [0.1, 0.15) is 82.4 Å². The molecule has 0 spiro atoms. The molecule has 1 amide bonds. The zero-order valence-electron chi connectivity index (χ0n) is 22.1. The predicted octanol–water partition coefficient (Wildman–Crippen LogP) is 8.96. The van der Waals surface area contributed by atoms with Gasteiger partial charge < -0.3 is 10.1 Å². The van der Waals surface area contributed by atoms with Gasteiger partial charge in [-0.25, -0.2) is 8.78 Å². The first-order chi connectivity index (χ1) is 18.0. The topological polar surface area (TPSA) is 51.2 Å². The number of rotatable bonds is 5. The molecule has 0 aliphatic heterocycles. The molecule has 1 aliphatic rings. The Balaban J connectivity index is 0.00000186. The molecule has 2 atom stereocenters. The molecular weight excluding hydrogens is 470 g/mol. The smallest absolute Gasteiger partial charge is 0.227 e. The van der Waals surface area contributed by atoms with Crippen LogP contribution in [0.25, 0.3) is 0 Å². The van der Waals surface area contributed by atoms with Crippen LogP contribution < -0.4 is 10.1 Å². The molecule has 1 aromatic heterocycles. The van der Waals surface area contributed by atoms with Gasteiger partial charge in [-0.3, -0.25) is 9.78 Å². The van der Waals surface area contributed by atoms with E-state index in [0.29, 0.717) is 17.4 Å². The number of aryl methyl sites for hydroxylation is 1. The molecule has 0 saturated heterocycles. The quantitative estimate of drug-likeness (QED) is 0.374. The van der Waals surface area contributed by atoms with Crippen molar-refractivity contribution in [3.05, 3.63) is 83.7 Å². The summed E-state index contributed by atoms with van der Waals surface area (Å²) in [5.74, 6) is -1.44. The molecule has 1 N–H and O–H groups in total. The monoisotopic (exact) mass is 508 g/mol. The average molecular weight is 509 g/mol. The first-order valence-electron chi connectivity index (χ1n) is 13.4. The van der Waals surface area contributed by atoms with E-state index in [9.17, 15) is 13.6 Å². The molecule has 198 valence electrons. The molecule has 37 heavy (non-hydrogen) atoms. The van der Waals surface area contributed by atoms with Crippen molar-refractivity contribution in [2.75, 3.05) is 5.32 Å². The SMILES string of the molecule is CC.Cc1cc(Oc2cc(F)c(NC(=O)C3CCCCCCC(c4ccccc4)CC3)cc2F)ccn1. The highest BCUT2D eigenvalue weighted by Crippen LogP contribution is 2.33. The van der Waals surface area contributed by atoms with Crippen LogP contribution in [0.15, 0.2) is 60.8 Å². The fourth-order valence-corrected chi connectivity index (χ4v) is 4.79. The lowest BCUT2D eigenvalue weighted by atomic mass is 9.83. The maximum atomic E-state index is 14.8. The van der Waals surface area contributed by atoms with E-state index in [1.165, 1.54) is 18.2 Å². The van der Waals surface area contributed by atoms with Crippen LogP contribution >= 0.6 is 0 Å². The fourth-order valence-electron chi connectivity index (χ4n) is 4.79. The molecule has 0 radical (unpaired) electrons. The normalized spacial score (nSPS) is 18.2. The van der Waals surface area contributed by atoms with Crippen molar-refractivity contribution in [3.63, 3.8) is 0 Å². The zero-order chi connectivity index (χ0) is 26.6. The summed E-state index contributed by atoms with van der Waals surface area (Å²) in [4.78, 5) is 17.2. The van der Waals surface area contributed by atoms with Gasteiger partial charge in [-0.05, 0) is 50.2 Å². The predicted molar refractivity (Wildman–Crippen MR) is 145 cm³/mol. The van der Waals surface area contributed by atoms with Gasteiger partial charge in [0.25, 0.3) is 0 Å². The second-order valence-electron chi connectivity index (χ2n) is 9.36. The molecule has 0 bridgehead atoms. The highest BCUT2D eigenvalue weighted by molar-refractivity contribution is 5.92. The van der Waals surface area contributed by atoms with Gasteiger partial charge in [-0.15, -0.1) is 0 Å². The Morgan fingerprint density at radius 2 is 1.62 bits per heavy atom. The standard InChI is InChI=1S/C29H32F2N2O2.C2H6/c1-20-17-24(15-16-32-20)35-28-19-25(30)27(18-26(28)31)33-29(34)23-12-6-3-2-5-11-22(13-14-23)21-9-7-4-8-10-21;1-2/h4,7-10,15-19,22-23H,2-3,5-6,11-14H2,1H3,(H,33,34);1-2H3. The Labute approximate surface area is 219 Å². The number of pyridine rings is 1. The fraction of sp³-hybridized carbons (Fsp3) is 0.419. The van der Waals surface area contributed by atoms with Gasteiger partial charge in [0, 0.05) is 36.0 Å². The van der Waals surface area contributed by atoms with Crippen molar-refractivity contribution < 1.29 is 18.3 Å². The largest absolute Gasteiger partial charge is 0.454 e. The van der Waals surface area contributed by atoms with Crippen molar-refractivity contribution in [2.45, 2.75) is 78.1 Å². The lowest BCUT2D eigenvalue weighted by molar-refractivity contribution is -0.120. The van der Waals surface area contributed by atoms with Crippen molar-refractivity contribution in [1.29, 1.82) is 0 Å². The second kappa shape index (κ2) is 14.5. The lowest BCUT2D eigenvalue weighted by Gasteiger charge is -2.23. The van der Waals surface area contributed by atoms with E-state index < -0.39 is 11.6 Å². The number of anilines is 1. The van der Waals surface area contributed by atoms with Crippen molar-refractivity contribution in [2.24, 2.45) is 5.92 Å². The summed E-state index contributed by atoms with van der Waals surface area (Å²) in [6.45, 7) is 5.78. The summed E-state index contributed by atoms with van der Waals surface area (Å²) in [7, 11) is 0. The van der Waals surface area contributed by atoms with Gasteiger partial charge >= 0.3 is 0 Å². The van der Waals surface area contributed by atoms with E-state index in [2.05, 4.69) is 34.6 Å². The number of carbonyl (C=O) groups is 1. The maximum absolute atomic E-state index is 14.8. The number of hydrogen-bond donors (Lipinski definition) is 1. The molecule has 1 saturated carbocycles. The van der Waals surface area contributed by atoms with Crippen molar-refractivity contribution >= 4 is 11.6 Å². The molecule has 1 aliphatic carbocycles. The van der Waals surface area contributed by atoms with E-state index >= 15 is 0 Å². The Morgan fingerprint density at radius 3 is 2.35 bits per heavy atom. The number of nitrogens with zero attached hydrogens (tertiary/aromatic N) is 1. The number of carbonyl (C=O) groups excluding carboxylic acids is 1. The van der Waals surface area contributed by atoms with Crippen LogP contribution in [0.3, 0.4) is 0 Å². The van der Waals surface area contributed by atoms with Crippen LogP contribution in [0.2, 0.25) is 0 Å². The Bertz CT molecular complexity index is 1140. The molecule has 4 nitrogen and oxygen atoms in total. The van der Waals surface area contributed by atoms with Crippen molar-refractivity contribution in [3.8, 4) is 11.5 Å². The zero-order valence-corrected chi connectivity index (χ0v) is 22.1. The third kappa shape index (κ3) is 8.38. The minimum absolute atomic E-state index is 0.164. The minimum Gasteiger partial charge on any atom is -0.454 e. The number of ether oxygens (including phenoxy) is 1. The number of benzene rings is 2. The van der Waals surface area contributed by atoms with Gasteiger partial charge in [-0.2, -0.15) is 0 Å². The third-order valence-corrected chi connectivity index (χ3v) is 6.74. The second-order valence-corrected chi connectivity index (χ2v) is 9.36. The van der Waals surface area contributed by atoms with Crippen LogP contribution in [0, 0.1) is 24.5 Å². The van der Waals surface area contributed by atoms with Gasteiger partial charge in [0.1, 0.15) is 5.75 Å². The number of hydrogen-bond acceptors (Lipinski definition) is 3. The molecule has 3 aromatic rings. The third-order valence-electron chi connectivity index (χ3n) is 6.74. The lowest BCUT2D eigenvalue weighted by Crippen LogP contribution is -2.24. The van der Waals surface area contributed by atoms with E-state index in [-0.39, 0.29) is 23.3 Å². The summed E-state index contributed by atoms with van der Waals surface area (Å²) in [6, 6.07) is 15.6. The van der Waals surface area contributed by atoms with E-state index in [0.717, 1.165) is 57.1 Å².